The van der Waals surface area contributed by atoms with Crippen molar-refractivity contribution in [2.75, 3.05) is 31.8 Å². The average molecular weight is 271 g/mol. The van der Waals surface area contributed by atoms with Crippen molar-refractivity contribution in [2.24, 2.45) is 0 Å². The summed E-state index contributed by atoms with van der Waals surface area (Å²) in [5.41, 5.74) is 1.05. The Morgan fingerprint density at radius 1 is 1.22 bits per heavy atom. The first-order valence-corrected chi connectivity index (χ1v) is 7.88. The summed E-state index contributed by atoms with van der Waals surface area (Å²) in [5, 5.41) is 3.09. The summed E-state index contributed by atoms with van der Waals surface area (Å²) in [6.07, 6.45) is 1.23. The minimum absolute atomic E-state index is 0.150. The molecule has 18 heavy (non-hydrogen) atoms. The van der Waals surface area contributed by atoms with Gasteiger partial charge in [0.15, 0.2) is 11.5 Å². The fourth-order valence-corrected chi connectivity index (χ4v) is 2.20. The van der Waals surface area contributed by atoms with Crippen LogP contribution in [0.4, 0.5) is 0 Å². The number of fused-ring (bicyclic) bond motifs is 1. The second-order valence-electron chi connectivity index (χ2n) is 4.28. The van der Waals surface area contributed by atoms with Gasteiger partial charge in [0.2, 0.25) is 0 Å². The average Bonchev–Trinajstić information content (AvgIpc) is 2.33. The van der Waals surface area contributed by atoms with E-state index in [-0.39, 0.29) is 5.75 Å². The Kier molecular flexibility index (Phi) is 4.08. The fourth-order valence-electron chi connectivity index (χ4n) is 1.69. The Bertz CT molecular complexity index is 513. The molecule has 0 aromatic heterocycles. The SMILES string of the molecule is CS(=O)(=O)CCNCc1ccc2c(c1)OCCO2. The topological polar surface area (TPSA) is 64.6 Å². The lowest BCUT2D eigenvalue weighted by molar-refractivity contribution is 0.171. The van der Waals surface area contributed by atoms with Crippen LogP contribution < -0.4 is 14.8 Å². The number of sulfone groups is 1. The van der Waals surface area contributed by atoms with Crippen LogP contribution in [0, 0.1) is 0 Å². The van der Waals surface area contributed by atoms with Gasteiger partial charge in [-0.1, -0.05) is 6.07 Å². The molecule has 0 unspecified atom stereocenters. The minimum atomic E-state index is -2.90. The third-order valence-electron chi connectivity index (χ3n) is 2.59. The zero-order valence-electron chi connectivity index (χ0n) is 10.3. The first kappa shape index (κ1) is 13.2. The van der Waals surface area contributed by atoms with Gasteiger partial charge >= 0.3 is 0 Å². The van der Waals surface area contributed by atoms with Gasteiger partial charge in [0.25, 0.3) is 0 Å². The molecule has 1 aromatic rings. The molecule has 5 nitrogen and oxygen atoms in total. The van der Waals surface area contributed by atoms with Gasteiger partial charge < -0.3 is 14.8 Å². The van der Waals surface area contributed by atoms with Crippen molar-refractivity contribution in [3.05, 3.63) is 23.8 Å². The summed E-state index contributed by atoms with van der Waals surface area (Å²) in [6.45, 7) is 2.22. The predicted molar refractivity (Wildman–Crippen MR) is 68.8 cm³/mol. The maximum atomic E-state index is 11.0. The molecule has 0 saturated carbocycles. The van der Waals surface area contributed by atoms with Gasteiger partial charge in [-0.05, 0) is 17.7 Å². The fraction of sp³-hybridized carbons (Fsp3) is 0.500. The number of hydrogen-bond acceptors (Lipinski definition) is 5. The first-order chi connectivity index (χ1) is 8.54. The Morgan fingerprint density at radius 3 is 2.67 bits per heavy atom. The molecule has 6 heteroatoms. The molecule has 1 aliphatic heterocycles. The van der Waals surface area contributed by atoms with E-state index in [0.29, 0.717) is 26.3 Å². The molecule has 0 aliphatic carbocycles. The van der Waals surface area contributed by atoms with Crippen molar-refractivity contribution in [3.8, 4) is 11.5 Å². The maximum absolute atomic E-state index is 11.0. The number of hydrogen-bond donors (Lipinski definition) is 1. The summed E-state index contributed by atoms with van der Waals surface area (Å²) in [6, 6.07) is 5.74. The predicted octanol–water partition coefficient (Wildman–Crippen LogP) is 0.592. The third kappa shape index (κ3) is 3.89. The molecule has 0 saturated heterocycles. The highest BCUT2D eigenvalue weighted by molar-refractivity contribution is 7.90. The van der Waals surface area contributed by atoms with E-state index in [1.54, 1.807) is 0 Å². The van der Waals surface area contributed by atoms with Crippen LogP contribution in [-0.4, -0.2) is 40.2 Å². The molecule has 0 spiro atoms. The van der Waals surface area contributed by atoms with Gasteiger partial charge in [0, 0.05) is 19.3 Å². The zero-order chi connectivity index (χ0) is 13.0. The number of nitrogens with one attached hydrogen (secondary N) is 1. The highest BCUT2D eigenvalue weighted by atomic mass is 32.2. The number of ether oxygens (including phenoxy) is 2. The molecule has 1 heterocycles. The summed E-state index contributed by atoms with van der Waals surface area (Å²) in [4.78, 5) is 0. The van der Waals surface area contributed by atoms with Crippen LogP contribution in [0.3, 0.4) is 0 Å². The van der Waals surface area contributed by atoms with Crippen molar-refractivity contribution >= 4 is 9.84 Å². The number of benzene rings is 1. The van der Waals surface area contributed by atoms with Crippen molar-refractivity contribution in [1.29, 1.82) is 0 Å². The lowest BCUT2D eigenvalue weighted by Crippen LogP contribution is -2.22. The lowest BCUT2D eigenvalue weighted by atomic mass is 10.2. The van der Waals surface area contributed by atoms with Gasteiger partial charge in [-0.2, -0.15) is 0 Å². The van der Waals surface area contributed by atoms with Crippen molar-refractivity contribution < 1.29 is 17.9 Å². The summed E-state index contributed by atoms with van der Waals surface area (Å²) in [5.74, 6) is 1.67. The molecule has 0 amide bonds. The molecule has 100 valence electrons. The third-order valence-corrected chi connectivity index (χ3v) is 3.53. The van der Waals surface area contributed by atoms with Crippen LogP contribution >= 0.6 is 0 Å². The Labute approximate surface area is 107 Å². The van der Waals surface area contributed by atoms with Crippen LogP contribution in [0.25, 0.3) is 0 Å². The van der Waals surface area contributed by atoms with Crippen LogP contribution in [-0.2, 0) is 16.4 Å². The first-order valence-electron chi connectivity index (χ1n) is 5.81. The molecule has 0 atom stereocenters. The normalized spacial score (nSPS) is 14.5. The van der Waals surface area contributed by atoms with Crippen LogP contribution in [0.15, 0.2) is 18.2 Å². The second-order valence-corrected chi connectivity index (χ2v) is 6.54. The van der Waals surface area contributed by atoms with Crippen molar-refractivity contribution in [3.63, 3.8) is 0 Å². The highest BCUT2D eigenvalue weighted by Gasteiger charge is 2.11. The molecule has 0 bridgehead atoms. The van der Waals surface area contributed by atoms with E-state index in [1.807, 2.05) is 18.2 Å². The van der Waals surface area contributed by atoms with Crippen LogP contribution in [0.5, 0.6) is 11.5 Å². The molecule has 0 radical (unpaired) electrons. The molecular weight excluding hydrogens is 254 g/mol. The largest absolute Gasteiger partial charge is 0.486 e. The lowest BCUT2D eigenvalue weighted by Gasteiger charge is -2.18. The van der Waals surface area contributed by atoms with Crippen LogP contribution in [0.1, 0.15) is 5.56 Å². The van der Waals surface area contributed by atoms with E-state index in [4.69, 9.17) is 9.47 Å². The standard InChI is InChI=1S/C12H17NO4S/c1-18(14,15)7-4-13-9-10-2-3-11-12(8-10)17-6-5-16-11/h2-3,8,13H,4-7,9H2,1H3. The van der Waals surface area contributed by atoms with E-state index in [1.165, 1.54) is 6.26 Å². The summed E-state index contributed by atoms with van der Waals surface area (Å²) < 4.78 is 32.8. The Morgan fingerprint density at radius 2 is 1.94 bits per heavy atom. The van der Waals surface area contributed by atoms with E-state index in [2.05, 4.69) is 5.32 Å². The van der Waals surface area contributed by atoms with E-state index in [9.17, 15) is 8.42 Å². The van der Waals surface area contributed by atoms with E-state index >= 15 is 0 Å². The van der Waals surface area contributed by atoms with E-state index < -0.39 is 9.84 Å². The Balaban J connectivity index is 1.86. The van der Waals surface area contributed by atoms with Gasteiger partial charge in [-0.3, -0.25) is 0 Å². The summed E-state index contributed by atoms with van der Waals surface area (Å²) >= 11 is 0. The smallest absolute Gasteiger partial charge is 0.161 e. The number of rotatable bonds is 5. The van der Waals surface area contributed by atoms with Gasteiger partial charge in [0.05, 0.1) is 5.75 Å². The zero-order valence-corrected chi connectivity index (χ0v) is 11.1. The monoisotopic (exact) mass is 271 g/mol. The van der Waals surface area contributed by atoms with Crippen LogP contribution in [0.2, 0.25) is 0 Å². The maximum Gasteiger partial charge on any atom is 0.161 e. The molecule has 1 N–H and O–H groups in total. The molecule has 1 aliphatic rings. The van der Waals surface area contributed by atoms with Gasteiger partial charge in [-0.25, -0.2) is 8.42 Å². The van der Waals surface area contributed by atoms with Gasteiger partial charge in [0.1, 0.15) is 23.1 Å². The highest BCUT2D eigenvalue weighted by Crippen LogP contribution is 2.30. The quantitative estimate of drug-likeness (QED) is 0.794. The van der Waals surface area contributed by atoms with Crippen molar-refractivity contribution in [1.82, 2.24) is 5.32 Å². The van der Waals surface area contributed by atoms with Gasteiger partial charge in [-0.15, -0.1) is 0 Å². The molecule has 0 fully saturated rings. The Hall–Kier alpha value is -1.27. The minimum Gasteiger partial charge on any atom is -0.486 e. The molecule has 2 rings (SSSR count). The van der Waals surface area contributed by atoms with E-state index in [0.717, 1.165) is 17.1 Å². The summed E-state index contributed by atoms with van der Waals surface area (Å²) in [7, 11) is -2.90. The van der Waals surface area contributed by atoms with Crippen molar-refractivity contribution in [2.45, 2.75) is 6.54 Å². The molecule has 1 aromatic carbocycles. The second kappa shape index (κ2) is 5.58. The molecular formula is C12H17NO4S.